The number of aromatic nitrogens is 1. The van der Waals surface area contributed by atoms with Gasteiger partial charge < -0.3 is 4.57 Å². The first-order chi connectivity index (χ1) is 14.8. The molecule has 30 heavy (non-hydrogen) atoms. The van der Waals surface area contributed by atoms with E-state index in [4.69, 9.17) is 0 Å². The van der Waals surface area contributed by atoms with Crippen molar-refractivity contribution in [2.75, 3.05) is 0 Å². The molecule has 7 rings (SSSR count). The molecular formula is C29H21N. The van der Waals surface area contributed by atoms with Crippen molar-refractivity contribution in [1.82, 2.24) is 4.57 Å². The third-order valence-electron chi connectivity index (χ3n) is 6.94. The van der Waals surface area contributed by atoms with Crippen LogP contribution in [0.15, 0.2) is 84.9 Å². The van der Waals surface area contributed by atoms with Gasteiger partial charge in [0.2, 0.25) is 0 Å². The lowest BCUT2D eigenvalue weighted by atomic mass is 9.98. The van der Waals surface area contributed by atoms with Crippen LogP contribution in [-0.2, 0) is 13.0 Å². The molecule has 1 aromatic heterocycles. The Bertz CT molecular complexity index is 1650. The number of hydrogen-bond acceptors (Lipinski definition) is 0. The van der Waals surface area contributed by atoms with Crippen LogP contribution < -0.4 is 0 Å². The molecule has 1 aliphatic rings. The number of hydrogen-bond donors (Lipinski definition) is 0. The van der Waals surface area contributed by atoms with Gasteiger partial charge in [0.15, 0.2) is 0 Å². The van der Waals surface area contributed by atoms with E-state index in [1.807, 2.05) is 0 Å². The standard InChI is InChI=1S/C29H21N/c1-2-30-27-12-11-18-7-5-6-10-23(18)29(27)26-17-25-22(16-28(26)30)14-21-13-19-8-3-4-9-20(19)15-24(21)25/h3-13,15-17H,2,14H2,1H3. The van der Waals surface area contributed by atoms with Crippen LogP contribution in [0, 0.1) is 0 Å². The summed E-state index contributed by atoms with van der Waals surface area (Å²) in [7, 11) is 0. The third-order valence-corrected chi connectivity index (χ3v) is 6.94. The van der Waals surface area contributed by atoms with Gasteiger partial charge in [-0.05, 0) is 81.4 Å². The van der Waals surface area contributed by atoms with Crippen molar-refractivity contribution in [2.24, 2.45) is 0 Å². The Morgan fingerprint density at radius 1 is 0.633 bits per heavy atom. The van der Waals surface area contributed by atoms with E-state index in [1.165, 1.54) is 65.6 Å². The normalized spacial score (nSPS) is 12.8. The van der Waals surface area contributed by atoms with E-state index in [0.29, 0.717) is 0 Å². The first kappa shape index (κ1) is 16.2. The highest BCUT2D eigenvalue weighted by atomic mass is 15.0. The minimum atomic E-state index is 0.980. The molecule has 0 bridgehead atoms. The number of fused-ring (bicyclic) bond motifs is 9. The van der Waals surface area contributed by atoms with Crippen LogP contribution in [0.1, 0.15) is 18.1 Å². The largest absolute Gasteiger partial charge is 0.341 e. The van der Waals surface area contributed by atoms with Crippen molar-refractivity contribution in [2.45, 2.75) is 19.9 Å². The predicted octanol–water partition coefficient (Wildman–Crippen LogP) is 7.69. The molecule has 0 spiro atoms. The zero-order valence-corrected chi connectivity index (χ0v) is 16.9. The van der Waals surface area contributed by atoms with Crippen LogP contribution in [0.3, 0.4) is 0 Å². The molecule has 1 heteroatoms. The van der Waals surface area contributed by atoms with Gasteiger partial charge in [-0.3, -0.25) is 0 Å². The Hall–Kier alpha value is -3.58. The Morgan fingerprint density at radius 3 is 2.17 bits per heavy atom. The van der Waals surface area contributed by atoms with Gasteiger partial charge in [0.25, 0.3) is 0 Å². The van der Waals surface area contributed by atoms with Gasteiger partial charge in [0.05, 0.1) is 0 Å². The van der Waals surface area contributed by atoms with Crippen LogP contribution in [0.25, 0.3) is 54.5 Å². The summed E-state index contributed by atoms with van der Waals surface area (Å²) < 4.78 is 2.48. The molecule has 1 aliphatic carbocycles. The Balaban J connectivity index is 1.62. The molecule has 1 nitrogen and oxygen atoms in total. The molecule has 0 radical (unpaired) electrons. The van der Waals surface area contributed by atoms with Crippen LogP contribution in [0.5, 0.6) is 0 Å². The second kappa shape index (κ2) is 5.73. The highest BCUT2D eigenvalue weighted by Gasteiger charge is 2.22. The van der Waals surface area contributed by atoms with Gasteiger partial charge in [0.1, 0.15) is 0 Å². The number of aryl methyl sites for hydroxylation is 1. The summed E-state index contributed by atoms with van der Waals surface area (Å²) in [5.74, 6) is 0. The van der Waals surface area contributed by atoms with E-state index in [2.05, 4.69) is 96.4 Å². The molecule has 1 heterocycles. The summed E-state index contributed by atoms with van der Waals surface area (Å²) in [4.78, 5) is 0. The minimum absolute atomic E-state index is 0.980. The molecule has 5 aromatic carbocycles. The molecule has 0 atom stereocenters. The average molecular weight is 383 g/mol. The lowest BCUT2D eigenvalue weighted by Crippen LogP contribution is -1.93. The van der Waals surface area contributed by atoms with Gasteiger partial charge in [0, 0.05) is 28.4 Å². The van der Waals surface area contributed by atoms with Gasteiger partial charge in [-0.15, -0.1) is 0 Å². The first-order valence-electron chi connectivity index (χ1n) is 10.8. The highest BCUT2D eigenvalue weighted by Crippen LogP contribution is 2.44. The highest BCUT2D eigenvalue weighted by molar-refractivity contribution is 6.21. The van der Waals surface area contributed by atoms with E-state index in [9.17, 15) is 0 Å². The zero-order valence-electron chi connectivity index (χ0n) is 16.9. The van der Waals surface area contributed by atoms with Crippen molar-refractivity contribution < 1.29 is 0 Å². The second-order valence-electron chi connectivity index (χ2n) is 8.48. The SMILES string of the molecule is CCn1c2cc3c(cc2c2c4ccccc4ccc21)-c1cc2ccccc2cc1C3. The molecule has 0 unspecified atom stereocenters. The third kappa shape index (κ3) is 2.02. The van der Waals surface area contributed by atoms with Crippen LogP contribution in [0.2, 0.25) is 0 Å². The van der Waals surface area contributed by atoms with Crippen LogP contribution >= 0.6 is 0 Å². The molecule has 0 N–H and O–H groups in total. The van der Waals surface area contributed by atoms with Crippen molar-refractivity contribution in [3.05, 3.63) is 96.1 Å². The number of nitrogens with zero attached hydrogens (tertiary/aromatic N) is 1. The molecular weight excluding hydrogens is 362 g/mol. The smallest absolute Gasteiger partial charge is 0.0497 e. The van der Waals surface area contributed by atoms with Gasteiger partial charge in [-0.1, -0.05) is 60.7 Å². The molecule has 0 aliphatic heterocycles. The van der Waals surface area contributed by atoms with Gasteiger partial charge in [-0.2, -0.15) is 0 Å². The number of benzene rings is 5. The quantitative estimate of drug-likeness (QED) is 0.274. The fourth-order valence-corrected chi connectivity index (χ4v) is 5.58. The van der Waals surface area contributed by atoms with E-state index in [1.54, 1.807) is 0 Å². The van der Waals surface area contributed by atoms with E-state index in [-0.39, 0.29) is 0 Å². The Morgan fingerprint density at radius 2 is 1.33 bits per heavy atom. The summed E-state index contributed by atoms with van der Waals surface area (Å²) in [5, 5.41) is 8.09. The van der Waals surface area contributed by atoms with Crippen LogP contribution in [0.4, 0.5) is 0 Å². The maximum atomic E-state index is 2.48. The fraction of sp³-hybridized carbons (Fsp3) is 0.103. The van der Waals surface area contributed by atoms with Gasteiger partial charge in [-0.25, -0.2) is 0 Å². The topological polar surface area (TPSA) is 4.93 Å². The van der Waals surface area contributed by atoms with Crippen molar-refractivity contribution in [1.29, 1.82) is 0 Å². The maximum absolute atomic E-state index is 2.48. The average Bonchev–Trinajstić information content (AvgIpc) is 3.29. The molecule has 142 valence electrons. The first-order valence-corrected chi connectivity index (χ1v) is 10.8. The molecule has 6 aromatic rings. The lowest BCUT2D eigenvalue weighted by molar-refractivity contribution is 0.827. The number of rotatable bonds is 1. The summed E-state index contributed by atoms with van der Waals surface area (Å²) >= 11 is 0. The molecule has 0 saturated carbocycles. The zero-order chi connectivity index (χ0) is 19.8. The van der Waals surface area contributed by atoms with E-state index >= 15 is 0 Å². The van der Waals surface area contributed by atoms with Crippen molar-refractivity contribution in [3.63, 3.8) is 0 Å². The monoisotopic (exact) mass is 383 g/mol. The predicted molar refractivity (Wildman–Crippen MR) is 128 cm³/mol. The molecule has 0 amide bonds. The maximum Gasteiger partial charge on any atom is 0.0497 e. The fourth-order valence-electron chi connectivity index (χ4n) is 5.58. The second-order valence-corrected chi connectivity index (χ2v) is 8.48. The molecule has 0 saturated heterocycles. The van der Waals surface area contributed by atoms with E-state index < -0.39 is 0 Å². The Kier molecular flexibility index (Phi) is 3.10. The molecule has 0 fully saturated rings. The van der Waals surface area contributed by atoms with Crippen molar-refractivity contribution in [3.8, 4) is 11.1 Å². The van der Waals surface area contributed by atoms with Crippen LogP contribution in [-0.4, -0.2) is 4.57 Å². The summed E-state index contributed by atoms with van der Waals surface area (Å²) in [5.41, 5.74) is 8.42. The summed E-state index contributed by atoms with van der Waals surface area (Å²) in [6, 6.07) is 31.7. The van der Waals surface area contributed by atoms with E-state index in [0.717, 1.165) is 13.0 Å². The Labute approximate surface area is 175 Å². The van der Waals surface area contributed by atoms with Crippen molar-refractivity contribution >= 4 is 43.4 Å². The lowest BCUT2D eigenvalue weighted by Gasteiger charge is -2.06. The van der Waals surface area contributed by atoms with Gasteiger partial charge >= 0.3 is 0 Å². The summed E-state index contributed by atoms with van der Waals surface area (Å²) in [6.07, 6.45) is 1.03. The summed E-state index contributed by atoms with van der Waals surface area (Å²) in [6.45, 7) is 3.23. The minimum Gasteiger partial charge on any atom is -0.341 e.